The lowest BCUT2D eigenvalue weighted by molar-refractivity contribution is 0.0609. The van der Waals surface area contributed by atoms with Gasteiger partial charge in [-0.15, -0.1) is 0 Å². The fourth-order valence-corrected chi connectivity index (χ4v) is 3.75. The minimum absolute atomic E-state index is 0.320. The van der Waals surface area contributed by atoms with Crippen LogP contribution in [-0.2, 0) is 6.54 Å². The van der Waals surface area contributed by atoms with Crippen molar-refractivity contribution in [2.45, 2.75) is 50.9 Å². The Morgan fingerprint density at radius 1 is 1.04 bits per heavy atom. The second kappa shape index (κ2) is 9.51. The van der Waals surface area contributed by atoms with Gasteiger partial charge in [-0.2, -0.15) is 0 Å². The first-order valence-corrected chi connectivity index (χ1v) is 9.68. The van der Waals surface area contributed by atoms with E-state index in [2.05, 4.69) is 15.9 Å². The number of para-hydroxylation sites is 1. The van der Waals surface area contributed by atoms with Crippen molar-refractivity contribution in [2.24, 2.45) is 0 Å². The zero-order valence-corrected chi connectivity index (χ0v) is 15.1. The quantitative estimate of drug-likeness (QED) is 0.820. The number of hydrogen-bond acceptors (Lipinski definition) is 4. The molecule has 0 amide bonds. The minimum atomic E-state index is -0.646. The van der Waals surface area contributed by atoms with Crippen LogP contribution in [0, 0.1) is 0 Å². The number of alkyl halides is 1. The van der Waals surface area contributed by atoms with Crippen LogP contribution in [0.3, 0.4) is 0 Å². The summed E-state index contributed by atoms with van der Waals surface area (Å²) in [6.07, 6.45) is 3.89. The predicted octanol–water partition coefficient (Wildman–Crippen LogP) is 2.85. The van der Waals surface area contributed by atoms with E-state index in [0.29, 0.717) is 26.0 Å². The molecule has 2 fully saturated rings. The van der Waals surface area contributed by atoms with E-state index < -0.39 is 12.3 Å². The normalized spacial score (nSPS) is 22.0. The average molecular weight is 350 g/mol. The Hall–Kier alpha value is -1.17. The van der Waals surface area contributed by atoms with Gasteiger partial charge in [0.1, 0.15) is 24.6 Å². The fourth-order valence-electron chi connectivity index (χ4n) is 3.75. The number of aliphatic hydroxyl groups is 1. The van der Waals surface area contributed by atoms with Crippen molar-refractivity contribution in [1.29, 1.82) is 0 Å². The maximum absolute atomic E-state index is 13.3. The number of nitrogens with zero attached hydrogens (tertiary/aromatic N) is 2. The standard InChI is InChI=1S/C20H31FN2O2/c21-18-8-12-23(13-9-18)14-17-6-2-3-7-20(17)25-16-19(24)15-22-10-4-1-5-11-22/h2-3,6-7,18-19,24H,1,4-5,8-16H2. The second-order valence-electron chi connectivity index (χ2n) is 7.38. The number of piperidine rings is 2. The molecule has 1 unspecified atom stereocenters. The zero-order valence-electron chi connectivity index (χ0n) is 15.1. The summed E-state index contributed by atoms with van der Waals surface area (Å²) in [6.45, 7) is 5.55. The van der Waals surface area contributed by atoms with Gasteiger partial charge in [0.15, 0.2) is 0 Å². The van der Waals surface area contributed by atoms with Gasteiger partial charge < -0.3 is 14.7 Å². The number of likely N-dealkylation sites (tertiary alicyclic amines) is 2. The highest BCUT2D eigenvalue weighted by atomic mass is 19.1. The summed E-state index contributed by atoms with van der Waals surface area (Å²) in [5.41, 5.74) is 1.12. The summed E-state index contributed by atoms with van der Waals surface area (Å²) in [5, 5.41) is 10.3. The van der Waals surface area contributed by atoms with Crippen molar-refractivity contribution in [3.05, 3.63) is 29.8 Å². The molecule has 0 saturated carbocycles. The van der Waals surface area contributed by atoms with Crippen molar-refractivity contribution in [3.8, 4) is 5.75 Å². The lowest BCUT2D eigenvalue weighted by atomic mass is 10.1. The second-order valence-corrected chi connectivity index (χ2v) is 7.38. The highest BCUT2D eigenvalue weighted by Crippen LogP contribution is 2.23. The predicted molar refractivity (Wildman–Crippen MR) is 97.6 cm³/mol. The Morgan fingerprint density at radius 2 is 1.76 bits per heavy atom. The summed E-state index contributed by atoms with van der Waals surface area (Å²) in [4.78, 5) is 4.60. The molecule has 0 radical (unpaired) electrons. The molecule has 0 spiro atoms. The van der Waals surface area contributed by atoms with Crippen molar-refractivity contribution < 1.29 is 14.2 Å². The third-order valence-corrected chi connectivity index (χ3v) is 5.23. The Kier molecular flexibility index (Phi) is 7.08. The number of benzene rings is 1. The Bertz CT molecular complexity index is 514. The molecule has 2 heterocycles. The SMILES string of the molecule is OC(COc1ccccc1CN1CCC(F)CC1)CN1CCCCC1. The molecule has 1 atom stereocenters. The molecule has 3 rings (SSSR count). The van der Waals surface area contributed by atoms with Gasteiger partial charge in [0.2, 0.25) is 0 Å². The van der Waals surface area contributed by atoms with Gasteiger partial charge in [0.25, 0.3) is 0 Å². The van der Waals surface area contributed by atoms with Gasteiger partial charge in [0, 0.05) is 31.7 Å². The maximum Gasteiger partial charge on any atom is 0.123 e. The molecule has 2 aliphatic rings. The molecule has 25 heavy (non-hydrogen) atoms. The zero-order chi connectivity index (χ0) is 17.5. The van der Waals surface area contributed by atoms with Gasteiger partial charge in [-0.25, -0.2) is 4.39 Å². The fraction of sp³-hybridized carbons (Fsp3) is 0.700. The van der Waals surface area contributed by atoms with E-state index in [1.54, 1.807) is 0 Å². The molecular formula is C20H31FN2O2. The average Bonchev–Trinajstić information content (AvgIpc) is 2.64. The minimum Gasteiger partial charge on any atom is -0.491 e. The molecule has 0 bridgehead atoms. The van der Waals surface area contributed by atoms with Gasteiger partial charge >= 0.3 is 0 Å². The molecule has 140 valence electrons. The Labute approximate surface area is 150 Å². The summed E-state index contributed by atoms with van der Waals surface area (Å²) in [6, 6.07) is 8.00. The van der Waals surface area contributed by atoms with Gasteiger partial charge in [-0.05, 0) is 44.8 Å². The maximum atomic E-state index is 13.3. The van der Waals surface area contributed by atoms with Crippen LogP contribution in [-0.4, -0.2) is 66.5 Å². The third kappa shape index (κ3) is 5.94. The Morgan fingerprint density at radius 3 is 2.52 bits per heavy atom. The molecule has 0 aliphatic carbocycles. The Balaban J connectivity index is 1.48. The molecule has 4 nitrogen and oxygen atoms in total. The van der Waals surface area contributed by atoms with Crippen LogP contribution in [0.25, 0.3) is 0 Å². The van der Waals surface area contributed by atoms with E-state index in [1.807, 2.05) is 18.2 Å². The summed E-state index contributed by atoms with van der Waals surface area (Å²) in [7, 11) is 0. The first kappa shape index (κ1) is 18.6. The highest BCUT2D eigenvalue weighted by molar-refractivity contribution is 5.33. The molecular weight excluding hydrogens is 319 g/mol. The van der Waals surface area contributed by atoms with E-state index in [9.17, 15) is 9.50 Å². The molecule has 1 aromatic rings. The number of aliphatic hydroxyl groups excluding tert-OH is 1. The highest BCUT2D eigenvalue weighted by Gasteiger charge is 2.20. The van der Waals surface area contributed by atoms with Crippen LogP contribution in [0.5, 0.6) is 5.75 Å². The van der Waals surface area contributed by atoms with Crippen molar-refractivity contribution in [1.82, 2.24) is 9.80 Å². The number of rotatable bonds is 7. The number of ether oxygens (including phenoxy) is 1. The molecule has 0 aromatic heterocycles. The van der Waals surface area contributed by atoms with Crippen molar-refractivity contribution in [3.63, 3.8) is 0 Å². The smallest absolute Gasteiger partial charge is 0.123 e. The monoisotopic (exact) mass is 350 g/mol. The molecule has 1 aromatic carbocycles. The van der Waals surface area contributed by atoms with Gasteiger partial charge in [-0.3, -0.25) is 4.90 Å². The lowest BCUT2D eigenvalue weighted by Gasteiger charge is -2.29. The van der Waals surface area contributed by atoms with Crippen LogP contribution in [0.15, 0.2) is 24.3 Å². The molecule has 5 heteroatoms. The summed E-state index contributed by atoms with van der Waals surface area (Å²) >= 11 is 0. The molecule has 1 N–H and O–H groups in total. The van der Waals surface area contributed by atoms with Crippen molar-refractivity contribution in [2.75, 3.05) is 39.3 Å². The van der Waals surface area contributed by atoms with E-state index in [1.165, 1.54) is 19.3 Å². The van der Waals surface area contributed by atoms with Crippen molar-refractivity contribution >= 4 is 0 Å². The van der Waals surface area contributed by atoms with E-state index in [-0.39, 0.29) is 0 Å². The van der Waals surface area contributed by atoms with Crippen LogP contribution in [0.4, 0.5) is 4.39 Å². The van der Waals surface area contributed by atoms with E-state index in [0.717, 1.165) is 44.0 Å². The largest absolute Gasteiger partial charge is 0.491 e. The van der Waals surface area contributed by atoms with Crippen LogP contribution >= 0.6 is 0 Å². The number of β-amino-alcohol motifs (C(OH)–C–C–N with tert-alkyl or cyclic N) is 1. The van der Waals surface area contributed by atoms with Gasteiger partial charge in [-0.1, -0.05) is 24.6 Å². The van der Waals surface area contributed by atoms with E-state index in [4.69, 9.17) is 4.74 Å². The first-order chi connectivity index (χ1) is 12.2. The number of halogens is 1. The van der Waals surface area contributed by atoms with E-state index >= 15 is 0 Å². The summed E-state index contributed by atoms with van der Waals surface area (Å²) in [5.74, 6) is 0.836. The van der Waals surface area contributed by atoms with Crippen LogP contribution < -0.4 is 4.74 Å². The third-order valence-electron chi connectivity index (χ3n) is 5.23. The first-order valence-electron chi connectivity index (χ1n) is 9.68. The lowest BCUT2D eigenvalue weighted by Crippen LogP contribution is -2.38. The molecule has 2 aliphatic heterocycles. The number of hydrogen-bond donors (Lipinski definition) is 1. The summed E-state index contributed by atoms with van der Waals surface area (Å²) < 4.78 is 19.2. The van der Waals surface area contributed by atoms with Crippen LogP contribution in [0.2, 0.25) is 0 Å². The van der Waals surface area contributed by atoms with Crippen LogP contribution in [0.1, 0.15) is 37.7 Å². The topological polar surface area (TPSA) is 35.9 Å². The van der Waals surface area contributed by atoms with Gasteiger partial charge in [0.05, 0.1) is 0 Å². The molecule has 2 saturated heterocycles.